The van der Waals surface area contributed by atoms with Gasteiger partial charge in [-0.2, -0.15) is 4.72 Å². The number of rotatable bonds is 7. The van der Waals surface area contributed by atoms with E-state index in [1.165, 1.54) is 12.1 Å². The summed E-state index contributed by atoms with van der Waals surface area (Å²) >= 11 is 3.25. The Kier molecular flexibility index (Phi) is 7.95. The van der Waals surface area contributed by atoms with E-state index in [1.807, 2.05) is 19.1 Å². The van der Waals surface area contributed by atoms with Crippen LogP contribution in [0.15, 0.2) is 57.9 Å². The summed E-state index contributed by atoms with van der Waals surface area (Å²) in [5.74, 6) is -1.49. The fourth-order valence-corrected chi connectivity index (χ4v) is 4.11. The van der Waals surface area contributed by atoms with Crippen LogP contribution in [0.1, 0.15) is 36.7 Å². The van der Waals surface area contributed by atoms with Gasteiger partial charge in [-0.05, 0) is 54.3 Å². The first-order valence-corrected chi connectivity index (χ1v) is 11.4. The Morgan fingerprint density at radius 2 is 1.55 bits per heavy atom. The number of halogens is 1. The maximum Gasteiger partial charge on any atom is 0.269 e. The molecule has 0 radical (unpaired) electrons. The highest BCUT2D eigenvalue weighted by atomic mass is 79.9. The molecule has 0 aliphatic carbocycles. The molecule has 7 nitrogen and oxygen atoms in total. The smallest absolute Gasteiger partial charge is 0.269 e. The quantitative estimate of drug-likeness (QED) is 0.528. The van der Waals surface area contributed by atoms with Gasteiger partial charge in [0.2, 0.25) is 10.0 Å². The van der Waals surface area contributed by atoms with E-state index in [-0.39, 0.29) is 10.8 Å². The van der Waals surface area contributed by atoms with Crippen molar-refractivity contribution in [2.24, 2.45) is 5.92 Å². The molecule has 1 atom stereocenters. The Morgan fingerprint density at radius 1 is 0.966 bits per heavy atom. The Labute approximate surface area is 179 Å². The van der Waals surface area contributed by atoms with Gasteiger partial charge >= 0.3 is 0 Å². The minimum atomic E-state index is -3.91. The highest BCUT2D eigenvalue weighted by Gasteiger charge is 2.28. The first kappa shape index (κ1) is 23.1. The second-order valence-electron chi connectivity index (χ2n) is 6.79. The van der Waals surface area contributed by atoms with Gasteiger partial charge in [-0.25, -0.2) is 8.42 Å². The van der Waals surface area contributed by atoms with Crippen LogP contribution in [0.4, 0.5) is 0 Å². The first-order valence-electron chi connectivity index (χ1n) is 9.11. The van der Waals surface area contributed by atoms with Gasteiger partial charge in [0.15, 0.2) is 0 Å². The predicted octanol–water partition coefficient (Wildman–Crippen LogP) is 2.78. The van der Waals surface area contributed by atoms with Crippen LogP contribution in [0.25, 0.3) is 0 Å². The minimum Gasteiger partial charge on any atom is -0.271 e. The molecule has 0 aliphatic heterocycles. The maximum absolute atomic E-state index is 12.6. The lowest BCUT2D eigenvalue weighted by Gasteiger charge is -2.21. The molecule has 0 saturated carbocycles. The normalized spacial score (nSPS) is 12.4. The van der Waals surface area contributed by atoms with Crippen molar-refractivity contribution in [3.05, 3.63) is 64.1 Å². The minimum absolute atomic E-state index is 0.0409. The van der Waals surface area contributed by atoms with Crippen LogP contribution in [-0.4, -0.2) is 26.3 Å². The zero-order valence-electron chi connectivity index (χ0n) is 16.4. The summed E-state index contributed by atoms with van der Waals surface area (Å²) in [7, 11) is -3.91. The molecule has 0 aromatic heterocycles. The number of amides is 2. The summed E-state index contributed by atoms with van der Waals surface area (Å²) in [5.41, 5.74) is 6.10. The maximum atomic E-state index is 12.6. The number of carbonyl (C=O) groups excluding carboxylic acids is 2. The summed E-state index contributed by atoms with van der Waals surface area (Å²) in [6, 6.07) is 12.0. The third-order valence-corrected chi connectivity index (χ3v) is 6.26. The Morgan fingerprint density at radius 3 is 2.07 bits per heavy atom. The molecule has 2 amide bonds. The number of benzene rings is 2. The second kappa shape index (κ2) is 10.00. The van der Waals surface area contributed by atoms with E-state index in [1.54, 1.807) is 38.1 Å². The zero-order valence-corrected chi connectivity index (χ0v) is 18.8. The van der Waals surface area contributed by atoms with Crippen LogP contribution < -0.4 is 15.6 Å². The summed E-state index contributed by atoms with van der Waals surface area (Å²) in [6.45, 7) is 5.43. The molecule has 0 heterocycles. The van der Waals surface area contributed by atoms with Gasteiger partial charge in [0.1, 0.15) is 6.04 Å². The standard InChI is InChI=1S/C20H24BrN3O4S/c1-4-14-5-7-15(8-6-14)19(25)22-23-20(26)18(13(2)3)24-29(27,28)17-11-9-16(21)10-12-17/h5-13,18,24H,4H2,1-3H3,(H,22,25)(H,23,26)/t18-/m0/s1. The first-order chi connectivity index (χ1) is 13.6. The van der Waals surface area contributed by atoms with Gasteiger partial charge in [0.05, 0.1) is 4.90 Å². The Bertz CT molecular complexity index is 958. The monoisotopic (exact) mass is 481 g/mol. The van der Waals surface area contributed by atoms with Crippen molar-refractivity contribution in [2.45, 2.75) is 38.1 Å². The summed E-state index contributed by atoms with van der Waals surface area (Å²) < 4.78 is 28.3. The molecular formula is C20H24BrN3O4S. The van der Waals surface area contributed by atoms with Gasteiger partial charge < -0.3 is 0 Å². The van der Waals surface area contributed by atoms with Crippen LogP contribution in [0, 0.1) is 5.92 Å². The van der Waals surface area contributed by atoms with Crippen LogP contribution in [0.5, 0.6) is 0 Å². The largest absolute Gasteiger partial charge is 0.271 e. The van der Waals surface area contributed by atoms with E-state index in [2.05, 4.69) is 31.5 Å². The van der Waals surface area contributed by atoms with Gasteiger partial charge in [-0.15, -0.1) is 0 Å². The average molecular weight is 482 g/mol. The van der Waals surface area contributed by atoms with Crippen molar-refractivity contribution < 1.29 is 18.0 Å². The molecule has 0 saturated heterocycles. The SMILES string of the molecule is CCc1ccc(C(=O)NNC(=O)[C@@H](NS(=O)(=O)c2ccc(Br)cc2)C(C)C)cc1. The average Bonchev–Trinajstić information content (AvgIpc) is 2.70. The third-order valence-electron chi connectivity index (χ3n) is 4.28. The van der Waals surface area contributed by atoms with Crippen LogP contribution in [0.2, 0.25) is 0 Å². The van der Waals surface area contributed by atoms with E-state index < -0.39 is 27.9 Å². The molecule has 2 aromatic rings. The molecule has 29 heavy (non-hydrogen) atoms. The number of hydrogen-bond acceptors (Lipinski definition) is 4. The van der Waals surface area contributed by atoms with E-state index in [4.69, 9.17) is 0 Å². The van der Waals surface area contributed by atoms with E-state index in [9.17, 15) is 18.0 Å². The van der Waals surface area contributed by atoms with Gasteiger partial charge in [0, 0.05) is 10.0 Å². The molecule has 0 bridgehead atoms. The molecule has 0 spiro atoms. The second-order valence-corrected chi connectivity index (χ2v) is 9.42. The molecule has 2 aromatic carbocycles. The van der Waals surface area contributed by atoms with Crippen molar-refractivity contribution >= 4 is 37.8 Å². The number of carbonyl (C=O) groups is 2. The van der Waals surface area contributed by atoms with E-state index in [0.717, 1.165) is 16.5 Å². The van der Waals surface area contributed by atoms with Crippen molar-refractivity contribution in [2.75, 3.05) is 0 Å². The van der Waals surface area contributed by atoms with E-state index in [0.29, 0.717) is 5.56 Å². The van der Waals surface area contributed by atoms with E-state index >= 15 is 0 Å². The Balaban J connectivity index is 2.05. The molecule has 9 heteroatoms. The van der Waals surface area contributed by atoms with Crippen molar-refractivity contribution in [1.29, 1.82) is 0 Å². The Hall–Kier alpha value is -2.23. The predicted molar refractivity (Wildman–Crippen MR) is 115 cm³/mol. The number of sulfonamides is 1. The molecule has 2 rings (SSSR count). The summed E-state index contributed by atoms with van der Waals surface area (Å²) in [5, 5.41) is 0. The lowest BCUT2D eigenvalue weighted by molar-refractivity contribution is -0.124. The van der Waals surface area contributed by atoms with Crippen LogP contribution in [-0.2, 0) is 21.2 Å². The highest BCUT2D eigenvalue weighted by Crippen LogP contribution is 2.16. The molecule has 156 valence electrons. The fraction of sp³-hybridized carbons (Fsp3) is 0.300. The zero-order chi connectivity index (χ0) is 21.6. The molecule has 0 fully saturated rings. The van der Waals surface area contributed by atoms with Crippen molar-refractivity contribution in [3.63, 3.8) is 0 Å². The highest BCUT2D eigenvalue weighted by molar-refractivity contribution is 9.10. The molecular weight excluding hydrogens is 458 g/mol. The molecule has 0 unspecified atom stereocenters. The molecule has 3 N–H and O–H groups in total. The third kappa shape index (κ3) is 6.38. The van der Waals surface area contributed by atoms with Crippen LogP contribution in [0.3, 0.4) is 0 Å². The van der Waals surface area contributed by atoms with Crippen molar-refractivity contribution in [1.82, 2.24) is 15.6 Å². The number of hydrogen-bond donors (Lipinski definition) is 3. The lowest BCUT2D eigenvalue weighted by atomic mass is 10.1. The number of hydrazine groups is 1. The topological polar surface area (TPSA) is 104 Å². The van der Waals surface area contributed by atoms with Crippen LogP contribution >= 0.6 is 15.9 Å². The number of aryl methyl sites for hydroxylation is 1. The van der Waals surface area contributed by atoms with Gasteiger partial charge in [0.25, 0.3) is 11.8 Å². The lowest BCUT2D eigenvalue weighted by Crippen LogP contribution is -2.54. The van der Waals surface area contributed by atoms with Gasteiger partial charge in [-0.3, -0.25) is 20.4 Å². The van der Waals surface area contributed by atoms with Crippen molar-refractivity contribution in [3.8, 4) is 0 Å². The molecule has 0 aliphatic rings. The summed E-state index contributed by atoms with van der Waals surface area (Å²) in [6.07, 6.45) is 0.854. The van der Waals surface area contributed by atoms with Gasteiger partial charge in [-0.1, -0.05) is 48.8 Å². The fourth-order valence-electron chi connectivity index (χ4n) is 2.50. The summed E-state index contributed by atoms with van der Waals surface area (Å²) in [4.78, 5) is 24.8. The number of nitrogens with one attached hydrogen (secondary N) is 3.